The molecule has 2 nitrogen and oxygen atoms in total. The molecule has 112 valence electrons. The quantitative estimate of drug-likeness (QED) is 0.861. The second-order valence-corrected chi connectivity index (χ2v) is 6.84. The molecule has 1 aliphatic rings. The zero-order valence-corrected chi connectivity index (χ0v) is 13.4. The van der Waals surface area contributed by atoms with Crippen molar-refractivity contribution in [1.82, 2.24) is 9.88 Å². The number of nitrogens with one attached hydrogen (secondary N) is 1. The number of rotatable bonds is 5. The highest BCUT2D eigenvalue weighted by atomic mass is 15.0. The maximum atomic E-state index is 3.66. The molecule has 0 bridgehead atoms. The Labute approximate surface area is 128 Å². The van der Waals surface area contributed by atoms with Gasteiger partial charge in [0.1, 0.15) is 0 Å². The average molecular weight is 282 g/mol. The monoisotopic (exact) mass is 282 g/mol. The number of hydrogen-bond acceptors (Lipinski definition) is 1. The number of aryl methyl sites for hydroxylation is 1. The van der Waals surface area contributed by atoms with Crippen molar-refractivity contribution in [2.24, 2.45) is 5.41 Å². The Morgan fingerprint density at radius 2 is 1.86 bits per heavy atom. The topological polar surface area (TPSA) is 17.0 Å². The first-order valence-corrected chi connectivity index (χ1v) is 8.03. The zero-order valence-electron chi connectivity index (χ0n) is 13.4. The van der Waals surface area contributed by atoms with Gasteiger partial charge in [-0.25, -0.2) is 0 Å². The van der Waals surface area contributed by atoms with E-state index in [1.54, 1.807) is 0 Å². The molecule has 1 aliphatic carbocycles. The number of aromatic nitrogens is 1. The Hall–Kier alpha value is -1.54. The fourth-order valence-electron chi connectivity index (χ4n) is 3.44. The maximum Gasteiger partial charge on any atom is 0.0455 e. The highest BCUT2D eigenvalue weighted by Gasteiger charge is 2.30. The summed E-state index contributed by atoms with van der Waals surface area (Å²) >= 11 is 0. The number of benzene rings is 1. The minimum atomic E-state index is 0.547. The second-order valence-electron chi connectivity index (χ2n) is 6.84. The zero-order chi connectivity index (χ0) is 14.9. The third-order valence-corrected chi connectivity index (χ3v) is 4.98. The predicted octanol–water partition coefficient (Wildman–Crippen LogP) is 4.37. The fourth-order valence-corrected chi connectivity index (χ4v) is 3.44. The molecular weight excluding hydrogens is 256 g/mol. The van der Waals surface area contributed by atoms with Crippen molar-refractivity contribution in [3.8, 4) is 5.69 Å². The molecule has 1 N–H and O–H groups in total. The van der Waals surface area contributed by atoms with E-state index in [9.17, 15) is 0 Å². The SMILES string of the molecule is Cc1cc(CNCC2(C)CCC2)c(C)n1-c1ccccc1. The second kappa shape index (κ2) is 5.69. The summed E-state index contributed by atoms with van der Waals surface area (Å²) in [5.41, 5.74) is 5.88. The summed E-state index contributed by atoms with van der Waals surface area (Å²) < 4.78 is 2.35. The summed E-state index contributed by atoms with van der Waals surface area (Å²) in [4.78, 5) is 0. The molecule has 2 aromatic rings. The van der Waals surface area contributed by atoms with Gasteiger partial charge in [-0.3, -0.25) is 0 Å². The van der Waals surface area contributed by atoms with Crippen molar-refractivity contribution in [2.45, 2.75) is 46.6 Å². The van der Waals surface area contributed by atoms with Gasteiger partial charge < -0.3 is 9.88 Å². The number of nitrogens with zero attached hydrogens (tertiary/aromatic N) is 1. The van der Waals surface area contributed by atoms with Crippen LogP contribution in [0.3, 0.4) is 0 Å². The van der Waals surface area contributed by atoms with Gasteiger partial charge in [0.15, 0.2) is 0 Å². The van der Waals surface area contributed by atoms with Crippen LogP contribution < -0.4 is 5.32 Å². The van der Waals surface area contributed by atoms with Crippen molar-refractivity contribution in [3.63, 3.8) is 0 Å². The van der Waals surface area contributed by atoms with Crippen LogP contribution in [0.2, 0.25) is 0 Å². The van der Waals surface area contributed by atoms with Crippen LogP contribution in [0.4, 0.5) is 0 Å². The molecule has 1 fully saturated rings. The Morgan fingerprint density at radius 1 is 1.14 bits per heavy atom. The lowest BCUT2D eigenvalue weighted by atomic mass is 9.70. The van der Waals surface area contributed by atoms with Crippen LogP contribution in [-0.2, 0) is 6.54 Å². The van der Waals surface area contributed by atoms with Crippen molar-refractivity contribution >= 4 is 0 Å². The first kappa shape index (κ1) is 14.4. The van der Waals surface area contributed by atoms with E-state index in [0.717, 1.165) is 13.1 Å². The first-order valence-electron chi connectivity index (χ1n) is 8.03. The fraction of sp³-hybridized carbons (Fsp3) is 0.474. The van der Waals surface area contributed by atoms with Gasteiger partial charge in [-0.15, -0.1) is 0 Å². The van der Waals surface area contributed by atoms with Gasteiger partial charge in [0.05, 0.1) is 0 Å². The predicted molar refractivity (Wildman–Crippen MR) is 88.9 cm³/mol. The summed E-state index contributed by atoms with van der Waals surface area (Å²) in [6.07, 6.45) is 4.16. The molecule has 3 rings (SSSR count). The molecule has 0 spiro atoms. The van der Waals surface area contributed by atoms with E-state index in [-0.39, 0.29) is 0 Å². The normalized spacial score (nSPS) is 16.7. The number of hydrogen-bond donors (Lipinski definition) is 1. The van der Waals surface area contributed by atoms with Crippen molar-refractivity contribution in [3.05, 3.63) is 53.3 Å². The maximum absolute atomic E-state index is 3.66. The number of para-hydroxylation sites is 1. The molecule has 0 unspecified atom stereocenters. The van der Waals surface area contributed by atoms with Crippen LogP contribution in [-0.4, -0.2) is 11.1 Å². The largest absolute Gasteiger partial charge is 0.318 e. The van der Waals surface area contributed by atoms with E-state index in [2.05, 4.69) is 67.1 Å². The molecule has 1 aromatic heterocycles. The third-order valence-electron chi connectivity index (χ3n) is 4.98. The summed E-state index contributed by atoms with van der Waals surface area (Å²) in [5.74, 6) is 0. The van der Waals surface area contributed by atoms with Crippen LogP contribution in [0, 0.1) is 19.3 Å². The Morgan fingerprint density at radius 3 is 2.48 bits per heavy atom. The van der Waals surface area contributed by atoms with E-state index in [1.165, 1.54) is 41.9 Å². The molecule has 0 amide bonds. The lowest BCUT2D eigenvalue weighted by Crippen LogP contribution is -2.37. The smallest absolute Gasteiger partial charge is 0.0455 e. The summed E-state index contributed by atoms with van der Waals surface area (Å²) in [7, 11) is 0. The Bertz CT molecular complexity index is 606. The molecule has 0 aliphatic heterocycles. The molecule has 1 heterocycles. The van der Waals surface area contributed by atoms with Crippen LogP contribution in [0.25, 0.3) is 5.69 Å². The molecular formula is C19H26N2. The highest BCUT2D eigenvalue weighted by Crippen LogP contribution is 2.39. The van der Waals surface area contributed by atoms with Gasteiger partial charge >= 0.3 is 0 Å². The van der Waals surface area contributed by atoms with E-state index in [0.29, 0.717) is 5.41 Å². The van der Waals surface area contributed by atoms with E-state index < -0.39 is 0 Å². The minimum absolute atomic E-state index is 0.547. The molecule has 0 saturated heterocycles. The lowest BCUT2D eigenvalue weighted by Gasteiger charge is -2.38. The Kier molecular flexibility index (Phi) is 3.90. The molecule has 21 heavy (non-hydrogen) atoms. The van der Waals surface area contributed by atoms with Gasteiger partial charge in [0.2, 0.25) is 0 Å². The summed E-state index contributed by atoms with van der Waals surface area (Å²) in [6, 6.07) is 12.9. The lowest BCUT2D eigenvalue weighted by molar-refractivity contribution is 0.156. The van der Waals surface area contributed by atoms with Gasteiger partial charge in [-0.2, -0.15) is 0 Å². The van der Waals surface area contributed by atoms with E-state index >= 15 is 0 Å². The van der Waals surface area contributed by atoms with Crippen molar-refractivity contribution in [2.75, 3.05) is 6.54 Å². The van der Waals surface area contributed by atoms with E-state index in [1.807, 2.05) is 0 Å². The molecule has 0 radical (unpaired) electrons. The van der Waals surface area contributed by atoms with Crippen molar-refractivity contribution in [1.29, 1.82) is 0 Å². The average Bonchev–Trinajstić information content (AvgIpc) is 2.73. The van der Waals surface area contributed by atoms with Crippen LogP contribution >= 0.6 is 0 Å². The van der Waals surface area contributed by atoms with Gasteiger partial charge in [0.25, 0.3) is 0 Å². The third kappa shape index (κ3) is 2.91. The van der Waals surface area contributed by atoms with Gasteiger partial charge in [-0.1, -0.05) is 31.5 Å². The van der Waals surface area contributed by atoms with Gasteiger partial charge in [-0.05, 0) is 55.9 Å². The molecule has 1 saturated carbocycles. The summed E-state index contributed by atoms with van der Waals surface area (Å²) in [6.45, 7) is 8.93. The van der Waals surface area contributed by atoms with Gasteiger partial charge in [0, 0.05) is 30.2 Å². The molecule has 1 aromatic carbocycles. The Balaban J connectivity index is 1.72. The van der Waals surface area contributed by atoms with Crippen LogP contribution in [0.5, 0.6) is 0 Å². The first-order chi connectivity index (χ1) is 10.1. The molecule has 0 atom stereocenters. The minimum Gasteiger partial charge on any atom is -0.318 e. The molecule has 2 heteroatoms. The summed E-state index contributed by atoms with van der Waals surface area (Å²) in [5, 5.41) is 3.66. The highest BCUT2D eigenvalue weighted by molar-refractivity contribution is 5.40. The van der Waals surface area contributed by atoms with Crippen molar-refractivity contribution < 1.29 is 0 Å². The van der Waals surface area contributed by atoms with Crippen LogP contribution in [0.1, 0.15) is 43.1 Å². The van der Waals surface area contributed by atoms with E-state index in [4.69, 9.17) is 0 Å². The standard InChI is InChI=1S/C19H26N2/c1-15-12-17(13-20-14-19(3)10-7-11-19)16(2)21(15)18-8-5-4-6-9-18/h4-6,8-9,12,20H,7,10-11,13-14H2,1-3H3. The van der Waals surface area contributed by atoms with Crippen LogP contribution in [0.15, 0.2) is 36.4 Å².